The summed E-state index contributed by atoms with van der Waals surface area (Å²) in [6.45, 7) is 26.7. The van der Waals surface area contributed by atoms with E-state index in [0.717, 1.165) is 104 Å². The maximum absolute atomic E-state index is 10.4. The SMILES string of the molecule is C/C(=C\COC1OCc2c[nH+]c(C)c(O)c21)CCCC(C)C/C=C/C(C)C.CCCCC/C(=C\c1ccccc1)COC1OCc2c[nH+]c(C)c(O)c21.Cc1[nH+]cc2c(c1O)C(OC(C)/C=C/c1ccccc1)OC2.Cc1[nH+]cc2c(c1O)C(OC/C=C/c1ccccc1)OC2.Cc1[nH+]cc2c(c1O)C(OCCOc1ccccc1)OC2.[CH3-].[CH3-].[CH3-].[CH3-].[CH3-]. The molecule has 5 aromatic heterocycles. The molecule has 10 heterocycles. The molecule has 14 rings (SSSR count). The maximum Gasteiger partial charge on any atom is 0.219 e. The van der Waals surface area contributed by atoms with Crippen LogP contribution < -0.4 is 29.7 Å². The number of nitrogens with one attached hydrogen (secondary N) is 5. The topological polar surface area (TPSA) is 273 Å². The van der Waals surface area contributed by atoms with Crippen LogP contribution in [0.15, 0.2) is 194 Å². The Morgan fingerprint density at radius 2 is 0.828 bits per heavy atom. The van der Waals surface area contributed by atoms with Crippen molar-refractivity contribution in [2.45, 2.75) is 198 Å². The summed E-state index contributed by atoms with van der Waals surface area (Å²) in [6.07, 6.45) is 32.8. The van der Waals surface area contributed by atoms with Crippen molar-refractivity contribution in [1.29, 1.82) is 0 Å². The van der Waals surface area contributed by atoms with Crippen molar-refractivity contribution in [1.82, 2.24) is 0 Å². The van der Waals surface area contributed by atoms with Crippen LogP contribution >= 0.6 is 0 Å². The summed E-state index contributed by atoms with van der Waals surface area (Å²) in [5.74, 6) is 3.32. The lowest BCUT2D eigenvalue weighted by Gasteiger charge is -2.16. The van der Waals surface area contributed by atoms with E-state index in [2.05, 4.69) is 96.0 Å². The number of unbranched alkanes of at least 4 members (excludes halogenated alkanes) is 2. The second-order valence-electron chi connectivity index (χ2n) is 30.3. The van der Waals surface area contributed by atoms with Crippen molar-refractivity contribution in [2.24, 2.45) is 11.8 Å². The Labute approximate surface area is 726 Å². The Morgan fingerprint density at radius 1 is 0.434 bits per heavy atom. The molecule has 10 N–H and O–H groups in total. The monoisotopic (exact) mass is 1670 g/mol. The van der Waals surface area contributed by atoms with E-state index in [1.807, 2.05) is 206 Å². The zero-order chi connectivity index (χ0) is 83.0. The third-order valence-corrected chi connectivity index (χ3v) is 20.4. The molecule has 5 aliphatic heterocycles. The van der Waals surface area contributed by atoms with E-state index < -0.39 is 31.5 Å². The van der Waals surface area contributed by atoms with Gasteiger partial charge in [-0.3, -0.25) is 0 Å². The van der Waals surface area contributed by atoms with Crippen LogP contribution in [-0.4, -0.2) is 64.7 Å². The van der Waals surface area contributed by atoms with Gasteiger partial charge < -0.3 is 115 Å². The Bertz CT molecular complexity index is 4750. The molecule has 0 fully saturated rings. The summed E-state index contributed by atoms with van der Waals surface area (Å²) in [5.41, 5.74) is 18.0. The third-order valence-electron chi connectivity index (χ3n) is 20.4. The normalized spacial score (nSPS) is 16.8. The van der Waals surface area contributed by atoms with Gasteiger partial charge in [0.05, 0.1) is 121 Å². The van der Waals surface area contributed by atoms with Crippen LogP contribution in [0.4, 0.5) is 0 Å². The van der Waals surface area contributed by atoms with E-state index in [9.17, 15) is 25.5 Å². The van der Waals surface area contributed by atoms with Gasteiger partial charge >= 0.3 is 0 Å². The molecular formula is C101H135N5O16. The van der Waals surface area contributed by atoms with Crippen LogP contribution in [-0.2, 0) is 80.4 Å². The van der Waals surface area contributed by atoms with Crippen LogP contribution in [0.5, 0.6) is 34.5 Å². The van der Waals surface area contributed by atoms with E-state index >= 15 is 0 Å². The number of aromatic nitrogens is 5. The van der Waals surface area contributed by atoms with E-state index in [0.29, 0.717) is 94.6 Å². The molecule has 21 nitrogen and oxygen atoms in total. The lowest BCUT2D eigenvalue weighted by molar-refractivity contribution is -0.389. The van der Waals surface area contributed by atoms with Crippen LogP contribution in [0.2, 0.25) is 0 Å². The van der Waals surface area contributed by atoms with Crippen molar-refractivity contribution >= 4 is 18.2 Å². The highest BCUT2D eigenvalue weighted by Crippen LogP contribution is 2.43. The lowest BCUT2D eigenvalue weighted by Crippen LogP contribution is -2.13. The fourth-order valence-corrected chi connectivity index (χ4v) is 13.6. The molecule has 660 valence electrons. The van der Waals surface area contributed by atoms with Crippen molar-refractivity contribution in [3.8, 4) is 34.5 Å². The molecule has 7 atom stereocenters. The number of rotatable bonds is 31. The summed E-state index contributed by atoms with van der Waals surface area (Å²) >= 11 is 0. The van der Waals surface area contributed by atoms with Gasteiger partial charge in [-0.15, -0.1) is 0 Å². The predicted octanol–water partition coefficient (Wildman–Crippen LogP) is 20.5. The summed E-state index contributed by atoms with van der Waals surface area (Å²) in [5, 5.41) is 51.0. The molecule has 0 saturated carbocycles. The van der Waals surface area contributed by atoms with Crippen molar-refractivity contribution < 1.29 is 103 Å². The predicted molar refractivity (Wildman–Crippen MR) is 478 cm³/mol. The summed E-state index contributed by atoms with van der Waals surface area (Å²) < 4.78 is 63.0. The highest BCUT2D eigenvalue weighted by molar-refractivity contribution is 5.54. The smallest absolute Gasteiger partial charge is 0.219 e. The molecule has 9 aromatic rings. The third kappa shape index (κ3) is 30.4. The first-order chi connectivity index (χ1) is 56.7. The van der Waals surface area contributed by atoms with Gasteiger partial charge in [0.25, 0.3) is 0 Å². The molecule has 5 aliphatic rings. The van der Waals surface area contributed by atoms with Crippen LogP contribution in [0, 0.1) is 83.6 Å². The second-order valence-corrected chi connectivity index (χ2v) is 30.3. The number of aryl methyl sites for hydroxylation is 5. The number of hydrogen-bond acceptors (Lipinski definition) is 16. The average molecular weight is 1680 g/mol. The molecular weight excluding hydrogens is 1540 g/mol. The lowest BCUT2D eigenvalue weighted by atomic mass is 9.98. The fraction of sp³-hybridized carbons (Fsp3) is 0.366. The van der Waals surface area contributed by atoms with Crippen molar-refractivity contribution in [2.75, 3.05) is 33.0 Å². The molecule has 0 spiro atoms. The largest absolute Gasteiger partial charge is 0.502 e. The van der Waals surface area contributed by atoms with Crippen LogP contribution in [0.1, 0.15) is 225 Å². The highest BCUT2D eigenvalue weighted by Gasteiger charge is 2.36. The number of ether oxygens (including phenoxy) is 11. The Kier molecular flexibility index (Phi) is 44.4. The van der Waals surface area contributed by atoms with E-state index in [4.69, 9.17) is 52.1 Å². The molecule has 0 aliphatic carbocycles. The quantitative estimate of drug-likeness (QED) is 0.0153. The van der Waals surface area contributed by atoms with E-state index in [1.165, 1.54) is 48.8 Å². The minimum absolute atomic E-state index is 0. The molecule has 7 unspecified atom stereocenters. The second kappa shape index (κ2) is 52.9. The average Bonchev–Trinajstić information content (AvgIpc) is 1.68. The number of hydrogen-bond donors (Lipinski definition) is 5. The number of aromatic hydroxyl groups is 5. The first-order valence-corrected chi connectivity index (χ1v) is 40.8. The molecule has 0 bridgehead atoms. The van der Waals surface area contributed by atoms with Gasteiger partial charge in [-0.25, -0.2) is 24.9 Å². The van der Waals surface area contributed by atoms with Gasteiger partial charge in [0.2, 0.25) is 28.5 Å². The Morgan fingerprint density at radius 3 is 1.27 bits per heavy atom. The first-order valence-electron chi connectivity index (χ1n) is 40.8. The summed E-state index contributed by atoms with van der Waals surface area (Å²) in [7, 11) is 0. The number of allylic oxidation sites excluding steroid dienone is 3. The van der Waals surface area contributed by atoms with Gasteiger partial charge in [-0.2, -0.15) is 0 Å². The van der Waals surface area contributed by atoms with Gasteiger partial charge in [-0.1, -0.05) is 210 Å². The summed E-state index contributed by atoms with van der Waals surface area (Å²) in [6, 6.07) is 40.0. The Hall–Kier alpha value is -10.3. The maximum atomic E-state index is 10.4. The minimum atomic E-state index is -0.535. The molecule has 21 heteroatoms. The van der Waals surface area contributed by atoms with Crippen LogP contribution in [0.3, 0.4) is 0 Å². The Balaban J connectivity index is 0.000000269. The summed E-state index contributed by atoms with van der Waals surface area (Å²) in [4.78, 5) is 15.1. The number of benzene rings is 4. The van der Waals surface area contributed by atoms with Gasteiger partial charge in [0.15, 0.2) is 91.2 Å². The zero-order valence-corrected chi connectivity index (χ0v) is 74.6. The van der Waals surface area contributed by atoms with Gasteiger partial charge in [0.1, 0.15) is 12.4 Å². The molecule has 0 amide bonds. The first kappa shape index (κ1) is 102. The van der Waals surface area contributed by atoms with E-state index in [1.54, 1.807) is 0 Å². The van der Waals surface area contributed by atoms with Crippen molar-refractivity contribution in [3.05, 3.63) is 332 Å². The number of fused-ring (bicyclic) bond motifs is 5. The van der Waals surface area contributed by atoms with Crippen LogP contribution in [0.25, 0.3) is 18.2 Å². The number of para-hydroxylation sites is 1. The molecule has 0 saturated heterocycles. The zero-order valence-electron chi connectivity index (χ0n) is 74.6. The fourth-order valence-electron chi connectivity index (χ4n) is 13.6. The van der Waals surface area contributed by atoms with Gasteiger partial charge in [-0.05, 0) is 92.2 Å². The molecule has 4 aromatic carbocycles. The number of H-pyrrole nitrogens is 5. The van der Waals surface area contributed by atoms with E-state index in [-0.39, 0.29) is 72.0 Å². The van der Waals surface area contributed by atoms with Gasteiger partial charge in [0, 0.05) is 34.6 Å². The molecule has 122 heavy (non-hydrogen) atoms. The van der Waals surface area contributed by atoms with Crippen molar-refractivity contribution in [3.63, 3.8) is 0 Å². The highest BCUT2D eigenvalue weighted by atomic mass is 16.7. The minimum Gasteiger partial charge on any atom is -0.502 e. The number of pyridine rings is 5. The molecule has 0 radical (unpaired) electrons. The standard InChI is InChI=1S/C23H35NO3.C22H27NO3.C18H19NO3.C17H17NO3.C16H17NO4.5CH3/c1-16(2)8-6-9-17(3)10-7-11-18(4)12-13-26-23-21-20(15-27-23)14-24-19(5)22(21)25;1-3-4-6-11-18(12-17-9-7-5-8-10-17)14-25-22-20-19(15-26-22)13-23-16(2)21(20)24;1-12(8-9-14-6-4-3-5-7-14)22-18-16-15(11-21-18)10-19-13(2)17(16)20;1-12-16(19)15-14(10-18-12)11-21-17(15)20-9-5-8-13-6-3-2-4-7-13;1-11-15(18)14-12(9-17-11)10-21-16(14)20-8-7-19-13-5-3-2-4-6-13;;;;;/h6,8,12,14,16-17,23,25H,7,9-11,13,15H2,1-5H3;5,7-10,12-13,22,24H,3-4,6,11,14-15H2,1-2H3;3-10,12,18,20H,11H2,1-2H3;2-8,10,17,19H,9,11H2,1H3;2-6,9,16,18H,7-8,10H2,1H3;5*1H3/q;;;;;5*-1/p+5/b8-6+,18-12+;18-12+;9-8+;8-5+;;;;;;. The number of aromatic amines is 5.